The first-order valence-corrected chi connectivity index (χ1v) is 4.23. The topological polar surface area (TPSA) is 52.8 Å². The molecule has 0 bridgehead atoms. The lowest BCUT2D eigenvalue weighted by Gasteiger charge is -2.15. The third-order valence-electron chi connectivity index (χ3n) is 1.98. The Labute approximate surface area is 81.0 Å². The van der Waals surface area contributed by atoms with E-state index in [1.54, 1.807) is 18.4 Å². The molecule has 2 aromatic rings. The van der Waals surface area contributed by atoms with E-state index in [0.717, 1.165) is 0 Å². The molecular formula is C8H6BN4O. The maximum atomic E-state index is 5.35. The lowest BCUT2D eigenvalue weighted by atomic mass is 9.99. The predicted molar refractivity (Wildman–Crippen MR) is 49.9 cm³/mol. The van der Waals surface area contributed by atoms with Crippen molar-refractivity contribution < 1.29 is 4.65 Å². The quantitative estimate of drug-likeness (QED) is 0.524. The average Bonchev–Trinajstić information content (AvgIpc) is 2.59. The van der Waals surface area contributed by atoms with Crippen LogP contribution in [0.15, 0.2) is 18.3 Å². The number of pyridine rings is 1. The van der Waals surface area contributed by atoms with Crippen molar-refractivity contribution >= 4 is 13.2 Å². The van der Waals surface area contributed by atoms with E-state index in [1.165, 1.54) is 0 Å². The highest BCUT2D eigenvalue weighted by Crippen LogP contribution is 2.20. The Hall–Kier alpha value is -1.85. The van der Waals surface area contributed by atoms with E-state index in [2.05, 4.69) is 15.1 Å². The summed E-state index contributed by atoms with van der Waals surface area (Å²) in [5.74, 6) is 2.09. The lowest BCUT2D eigenvalue weighted by molar-refractivity contribution is 0.572. The average molecular weight is 185 g/mol. The molecule has 1 aliphatic heterocycles. The SMILES string of the molecule is Cc1nc2n(n1)-c1ncccc1O[B]2. The van der Waals surface area contributed by atoms with Crippen LogP contribution in [0.4, 0.5) is 0 Å². The second kappa shape index (κ2) is 2.57. The number of hydrogen-bond acceptors (Lipinski definition) is 4. The van der Waals surface area contributed by atoms with Gasteiger partial charge in [0.2, 0.25) is 0 Å². The minimum atomic E-state index is 0.675. The lowest BCUT2D eigenvalue weighted by Crippen LogP contribution is -2.35. The van der Waals surface area contributed by atoms with E-state index in [4.69, 9.17) is 4.65 Å². The number of rotatable bonds is 0. The number of nitrogens with zero attached hydrogens (tertiary/aromatic N) is 4. The molecule has 0 saturated carbocycles. The summed E-state index contributed by atoms with van der Waals surface area (Å²) >= 11 is 0. The molecule has 0 N–H and O–H groups in total. The van der Waals surface area contributed by atoms with E-state index in [-0.39, 0.29) is 0 Å². The largest absolute Gasteiger partial charge is 0.553 e. The van der Waals surface area contributed by atoms with Gasteiger partial charge in [0.1, 0.15) is 17.3 Å². The third-order valence-corrected chi connectivity index (χ3v) is 1.98. The Balaban J connectivity index is 2.28. The summed E-state index contributed by atoms with van der Waals surface area (Å²) in [6.07, 6.45) is 1.70. The minimum absolute atomic E-state index is 0.675. The molecule has 67 valence electrons. The molecule has 0 amide bonds. The van der Waals surface area contributed by atoms with E-state index in [0.29, 0.717) is 23.1 Å². The molecule has 0 fully saturated rings. The van der Waals surface area contributed by atoms with E-state index >= 15 is 0 Å². The van der Waals surface area contributed by atoms with Crippen LogP contribution in [-0.4, -0.2) is 27.2 Å². The van der Waals surface area contributed by atoms with Crippen molar-refractivity contribution in [2.45, 2.75) is 6.92 Å². The molecule has 6 heteroatoms. The van der Waals surface area contributed by atoms with Gasteiger partial charge in [-0.25, -0.2) is 14.6 Å². The normalized spacial score (nSPS) is 12.4. The van der Waals surface area contributed by atoms with Crippen molar-refractivity contribution in [3.63, 3.8) is 0 Å². The zero-order chi connectivity index (χ0) is 9.54. The summed E-state index contributed by atoms with van der Waals surface area (Å²) in [5, 5.41) is 4.22. The standard InChI is InChI=1S/C8H6BN4O/c1-5-11-8-9-14-6-3-2-4-10-7(6)13(8)12-5/h2-4H,1H3. The summed E-state index contributed by atoms with van der Waals surface area (Å²) in [6, 6.07) is 3.67. The van der Waals surface area contributed by atoms with Crippen LogP contribution in [0.5, 0.6) is 5.75 Å². The fraction of sp³-hybridized carbons (Fsp3) is 0.125. The van der Waals surface area contributed by atoms with Crippen LogP contribution < -0.4 is 10.4 Å². The van der Waals surface area contributed by atoms with Crippen LogP contribution in [0.2, 0.25) is 0 Å². The van der Waals surface area contributed by atoms with Gasteiger partial charge in [0.25, 0.3) is 0 Å². The van der Waals surface area contributed by atoms with Crippen molar-refractivity contribution in [1.29, 1.82) is 0 Å². The third kappa shape index (κ3) is 0.936. The van der Waals surface area contributed by atoms with Crippen molar-refractivity contribution in [3.8, 4) is 11.6 Å². The molecule has 0 aromatic carbocycles. The second-order valence-corrected chi connectivity index (χ2v) is 2.99. The number of hydrogen-bond donors (Lipinski definition) is 0. The molecule has 0 aliphatic carbocycles. The monoisotopic (exact) mass is 185 g/mol. The molecule has 0 unspecified atom stereocenters. The fourth-order valence-corrected chi connectivity index (χ4v) is 1.41. The molecule has 0 atom stereocenters. The van der Waals surface area contributed by atoms with Crippen LogP contribution in [-0.2, 0) is 0 Å². The Morgan fingerprint density at radius 2 is 2.43 bits per heavy atom. The second-order valence-electron chi connectivity index (χ2n) is 2.99. The highest BCUT2D eigenvalue weighted by molar-refractivity contribution is 6.46. The maximum Gasteiger partial charge on any atom is 0.453 e. The summed E-state index contributed by atoms with van der Waals surface area (Å²) in [6.45, 7) is 1.84. The van der Waals surface area contributed by atoms with Crippen LogP contribution in [0, 0.1) is 6.92 Å². The molecule has 3 heterocycles. The first-order valence-electron chi connectivity index (χ1n) is 4.23. The van der Waals surface area contributed by atoms with Gasteiger partial charge < -0.3 is 4.65 Å². The number of aromatic nitrogens is 4. The number of aryl methyl sites for hydroxylation is 1. The van der Waals surface area contributed by atoms with Gasteiger partial charge in [0.05, 0.1) is 0 Å². The van der Waals surface area contributed by atoms with Crippen molar-refractivity contribution in [2.75, 3.05) is 0 Å². The molecule has 5 nitrogen and oxygen atoms in total. The zero-order valence-corrected chi connectivity index (χ0v) is 7.51. The molecule has 0 spiro atoms. The van der Waals surface area contributed by atoms with Crippen molar-refractivity contribution in [2.24, 2.45) is 0 Å². The van der Waals surface area contributed by atoms with Gasteiger partial charge in [-0.3, -0.25) is 0 Å². The van der Waals surface area contributed by atoms with Gasteiger partial charge in [0.15, 0.2) is 5.82 Å². The summed E-state index contributed by atoms with van der Waals surface area (Å²) in [4.78, 5) is 8.37. The maximum absolute atomic E-state index is 5.35. The van der Waals surface area contributed by atoms with Crippen molar-refractivity contribution in [1.82, 2.24) is 19.7 Å². The van der Waals surface area contributed by atoms with Gasteiger partial charge >= 0.3 is 7.48 Å². The Kier molecular flexibility index (Phi) is 1.39. The first-order chi connectivity index (χ1) is 6.84. The van der Waals surface area contributed by atoms with Gasteiger partial charge in [-0.2, -0.15) is 5.10 Å². The van der Waals surface area contributed by atoms with E-state index in [1.807, 2.05) is 19.1 Å². The summed E-state index contributed by atoms with van der Waals surface area (Å²) in [7, 11) is 1.57. The zero-order valence-electron chi connectivity index (χ0n) is 7.51. The molecule has 2 aromatic heterocycles. The smallest absolute Gasteiger partial charge is 0.453 e. The highest BCUT2D eigenvalue weighted by Gasteiger charge is 2.22. The highest BCUT2D eigenvalue weighted by atomic mass is 16.4. The number of fused-ring (bicyclic) bond motifs is 3. The van der Waals surface area contributed by atoms with Crippen LogP contribution in [0.1, 0.15) is 5.82 Å². The van der Waals surface area contributed by atoms with Gasteiger partial charge in [-0.15, -0.1) is 0 Å². The summed E-state index contributed by atoms with van der Waals surface area (Å²) in [5.41, 5.74) is 0.675. The summed E-state index contributed by atoms with van der Waals surface area (Å²) < 4.78 is 7.03. The van der Waals surface area contributed by atoms with Crippen LogP contribution in [0.3, 0.4) is 0 Å². The van der Waals surface area contributed by atoms with E-state index < -0.39 is 0 Å². The van der Waals surface area contributed by atoms with Crippen LogP contribution in [0.25, 0.3) is 5.82 Å². The predicted octanol–water partition coefficient (Wildman–Crippen LogP) is -0.392. The fourth-order valence-electron chi connectivity index (χ4n) is 1.41. The van der Waals surface area contributed by atoms with Gasteiger partial charge in [-0.1, -0.05) is 0 Å². The molecule has 1 aliphatic rings. The minimum Gasteiger partial charge on any atom is -0.553 e. The van der Waals surface area contributed by atoms with Crippen molar-refractivity contribution in [3.05, 3.63) is 24.2 Å². The molecule has 3 rings (SSSR count). The van der Waals surface area contributed by atoms with Crippen LogP contribution >= 0.6 is 0 Å². The Morgan fingerprint density at radius 1 is 1.50 bits per heavy atom. The molecule has 1 radical (unpaired) electrons. The van der Waals surface area contributed by atoms with Gasteiger partial charge in [-0.05, 0) is 19.1 Å². The van der Waals surface area contributed by atoms with E-state index in [9.17, 15) is 0 Å². The molecular weight excluding hydrogens is 179 g/mol. The first kappa shape index (κ1) is 7.55. The Morgan fingerprint density at radius 3 is 3.36 bits per heavy atom. The molecule has 0 saturated heterocycles. The Bertz CT molecular complexity index is 496. The molecule has 14 heavy (non-hydrogen) atoms. The van der Waals surface area contributed by atoms with Gasteiger partial charge in [0, 0.05) is 6.20 Å².